The van der Waals surface area contributed by atoms with Crippen LogP contribution in [0, 0.1) is 0 Å². The lowest BCUT2D eigenvalue weighted by atomic mass is 10.0. The minimum absolute atomic E-state index is 0.0189. The first-order valence-electron chi connectivity index (χ1n) is 9.30. The number of amides is 1. The minimum Gasteiger partial charge on any atom is -0.469 e. The van der Waals surface area contributed by atoms with E-state index < -0.39 is 0 Å². The van der Waals surface area contributed by atoms with E-state index in [1.54, 1.807) is 6.26 Å². The van der Waals surface area contributed by atoms with Gasteiger partial charge < -0.3 is 23.9 Å². The SMILES string of the molecule is O=C(CCc1ccco1)NCC(c1ccc2c(c1)OCO2)N1CCOCC1. The van der Waals surface area contributed by atoms with Crippen LogP contribution in [0.4, 0.5) is 0 Å². The number of hydrogen-bond donors (Lipinski definition) is 1. The van der Waals surface area contributed by atoms with Gasteiger partial charge in [-0.25, -0.2) is 0 Å². The summed E-state index contributed by atoms with van der Waals surface area (Å²) in [6.45, 7) is 3.87. The van der Waals surface area contributed by atoms with Crippen molar-refractivity contribution in [1.82, 2.24) is 10.2 Å². The Bertz CT molecular complexity index is 756. The molecule has 1 N–H and O–H groups in total. The first-order valence-corrected chi connectivity index (χ1v) is 9.30. The lowest BCUT2D eigenvalue weighted by molar-refractivity contribution is -0.121. The summed E-state index contributed by atoms with van der Waals surface area (Å²) in [7, 11) is 0. The van der Waals surface area contributed by atoms with Crippen molar-refractivity contribution in [3.8, 4) is 11.5 Å². The Morgan fingerprint density at radius 2 is 2.00 bits per heavy atom. The molecule has 0 saturated carbocycles. The molecule has 1 aromatic heterocycles. The normalized spacial score (nSPS) is 17.6. The smallest absolute Gasteiger partial charge is 0.231 e. The van der Waals surface area contributed by atoms with Crippen molar-refractivity contribution in [3.05, 3.63) is 47.9 Å². The molecule has 144 valence electrons. The van der Waals surface area contributed by atoms with Crippen molar-refractivity contribution in [2.45, 2.75) is 18.9 Å². The van der Waals surface area contributed by atoms with Crippen molar-refractivity contribution >= 4 is 5.91 Å². The number of hydrogen-bond acceptors (Lipinski definition) is 6. The highest BCUT2D eigenvalue weighted by molar-refractivity contribution is 5.76. The summed E-state index contributed by atoms with van der Waals surface area (Å²) in [5.41, 5.74) is 1.10. The van der Waals surface area contributed by atoms with Gasteiger partial charge in [0.05, 0.1) is 25.5 Å². The maximum absolute atomic E-state index is 12.3. The standard InChI is InChI=1S/C20H24N2O5/c23-20(6-4-16-2-1-9-25-16)21-13-17(22-7-10-24-11-8-22)15-3-5-18-19(12-15)27-14-26-18/h1-3,5,9,12,17H,4,6-8,10-11,13-14H2,(H,21,23). The van der Waals surface area contributed by atoms with Gasteiger partial charge in [0.15, 0.2) is 11.5 Å². The molecule has 1 amide bonds. The van der Waals surface area contributed by atoms with Gasteiger partial charge in [0.2, 0.25) is 12.7 Å². The first kappa shape index (κ1) is 17.9. The van der Waals surface area contributed by atoms with Gasteiger partial charge in [-0.15, -0.1) is 0 Å². The predicted octanol–water partition coefficient (Wildman–Crippen LogP) is 2.13. The van der Waals surface area contributed by atoms with Crippen LogP contribution in [0.3, 0.4) is 0 Å². The van der Waals surface area contributed by atoms with Gasteiger partial charge in [0.25, 0.3) is 0 Å². The number of morpholine rings is 1. The van der Waals surface area contributed by atoms with E-state index in [1.807, 2.05) is 30.3 Å². The third-order valence-corrected chi connectivity index (χ3v) is 4.94. The zero-order chi connectivity index (χ0) is 18.5. The highest BCUT2D eigenvalue weighted by Gasteiger charge is 2.25. The number of nitrogens with zero attached hydrogens (tertiary/aromatic N) is 1. The lowest BCUT2D eigenvalue weighted by Gasteiger charge is -2.35. The number of benzene rings is 1. The third kappa shape index (κ3) is 4.43. The Balaban J connectivity index is 1.41. The molecule has 27 heavy (non-hydrogen) atoms. The Morgan fingerprint density at radius 1 is 1.15 bits per heavy atom. The van der Waals surface area contributed by atoms with E-state index in [-0.39, 0.29) is 18.7 Å². The van der Waals surface area contributed by atoms with Crippen LogP contribution in [0.25, 0.3) is 0 Å². The molecule has 2 aliphatic rings. The zero-order valence-corrected chi connectivity index (χ0v) is 15.2. The topological polar surface area (TPSA) is 73.2 Å². The number of carbonyl (C=O) groups excluding carboxylic acids is 1. The van der Waals surface area contributed by atoms with Crippen LogP contribution in [0.5, 0.6) is 11.5 Å². The third-order valence-electron chi connectivity index (χ3n) is 4.94. The fourth-order valence-corrected chi connectivity index (χ4v) is 3.46. The van der Waals surface area contributed by atoms with Crippen molar-refractivity contribution < 1.29 is 23.4 Å². The number of carbonyl (C=O) groups is 1. The second-order valence-corrected chi connectivity index (χ2v) is 6.66. The number of nitrogens with one attached hydrogen (secondary N) is 1. The van der Waals surface area contributed by atoms with Crippen molar-refractivity contribution in [2.75, 3.05) is 39.6 Å². The first-order chi connectivity index (χ1) is 13.3. The number of rotatable bonds is 7. The summed E-state index contributed by atoms with van der Waals surface area (Å²) in [5.74, 6) is 2.37. The Hall–Kier alpha value is -2.51. The molecule has 1 fully saturated rings. The summed E-state index contributed by atoms with van der Waals surface area (Å²) >= 11 is 0. The van der Waals surface area contributed by atoms with Crippen LogP contribution in [0.2, 0.25) is 0 Å². The molecule has 3 heterocycles. The summed E-state index contributed by atoms with van der Waals surface area (Å²) < 4.78 is 21.7. The molecule has 2 aliphatic heterocycles. The van der Waals surface area contributed by atoms with E-state index in [9.17, 15) is 4.79 Å². The van der Waals surface area contributed by atoms with Gasteiger partial charge in [-0.3, -0.25) is 9.69 Å². The van der Waals surface area contributed by atoms with Crippen LogP contribution in [0.1, 0.15) is 23.8 Å². The van der Waals surface area contributed by atoms with Gasteiger partial charge in [0.1, 0.15) is 5.76 Å². The van der Waals surface area contributed by atoms with Gasteiger partial charge in [-0.1, -0.05) is 6.07 Å². The monoisotopic (exact) mass is 372 g/mol. The lowest BCUT2D eigenvalue weighted by Crippen LogP contribution is -2.43. The number of furan rings is 1. The molecule has 0 bridgehead atoms. The molecular weight excluding hydrogens is 348 g/mol. The Kier molecular flexibility index (Phi) is 5.60. The number of aryl methyl sites for hydroxylation is 1. The summed E-state index contributed by atoms with van der Waals surface area (Å²) in [4.78, 5) is 14.6. The molecule has 7 heteroatoms. The minimum atomic E-state index is 0.0189. The molecule has 2 aromatic rings. The van der Waals surface area contributed by atoms with Gasteiger partial charge in [-0.2, -0.15) is 0 Å². The zero-order valence-electron chi connectivity index (χ0n) is 15.2. The second-order valence-electron chi connectivity index (χ2n) is 6.66. The molecule has 1 aromatic carbocycles. The van der Waals surface area contributed by atoms with Crippen LogP contribution in [-0.4, -0.2) is 50.4 Å². The molecular formula is C20H24N2O5. The van der Waals surface area contributed by atoms with E-state index in [4.69, 9.17) is 18.6 Å². The molecule has 0 aliphatic carbocycles. The van der Waals surface area contributed by atoms with E-state index >= 15 is 0 Å². The molecule has 1 atom stereocenters. The second kappa shape index (κ2) is 8.45. The molecule has 0 spiro atoms. The molecule has 1 saturated heterocycles. The highest BCUT2D eigenvalue weighted by atomic mass is 16.7. The summed E-state index contributed by atoms with van der Waals surface area (Å²) in [5, 5.41) is 3.07. The fraction of sp³-hybridized carbons (Fsp3) is 0.450. The molecule has 0 radical (unpaired) electrons. The maximum atomic E-state index is 12.3. The van der Waals surface area contributed by atoms with Gasteiger partial charge in [-0.05, 0) is 29.8 Å². The predicted molar refractivity (Wildman–Crippen MR) is 97.7 cm³/mol. The average Bonchev–Trinajstić information content (AvgIpc) is 3.39. The maximum Gasteiger partial charge on any atom is 0.231 e. The van der Waals surface area contributed by atoms with E-state index in [2.05, 4.69) is 10.2 Å². The summed E-state index contributed by atoms with van der Waals surface area (Å²) in [6.07, 6.45) is 2.64. The Morgan fingerprint density at radius 3 is 2.81 bits per heavy atom. The quantitative estimate of drug-likeness (QED) is 0.803. The fourth-order valence-electron chi connectivity index (χ4n) is 3.46. The number of ether oxygens (including phenoxy) is 3. The van der Waals surface area contributed by atoms with E-state index in [0.29, 0.717) is 32.6 Å². The van der Waals surface area contributed by atoms with E-state index in [0.717, 1.165) is 35.9 Å². The molecule has 4 rings (SSSR count). The van der Waals surface area contributed by atoms with Crippen LogP contribution in [0.15, 0.2) is 41.0 Å². The van der Waals surface area contributed by atoms with Crippen molar-refractivity contribution in [1.29, 1.82) is 0 Å². The largest absolute Gasteiger partial charge is 0.469 e. The average molecular weight is 372 g/mol. The van der Waals surface area contributed by atoms with Crippen molar-refractivity contribution in [3.63, 3.8) is 0 Å². The van der Waals surface area contributed by atoms with Crippen molar-refractivity contribution in [2.24, 2.45) is 0 Å². The van der Waals surface area contributed by atoms with Gasteiger partial charge in [0, 0.05) is 32.5 Å². The van der Waals surface area contributed by atoms with Crippen LogP contribution >= 0.6 is 0 Å². The van der Waals surface area contributed by atoms with Crippen LogP contribution < -0.4 is 14.8 Å². The van der Waals surface area contributed by atoms with Gasteiger partial charge >= 0.3 is 0 Å². The van der Waals surface area contributed by atoms with Crippen LogP contribution in [-0.2, 0) is 16.0 Å². The Labute approximate surface area is 158 Å². The summed E-state index contributed by atoms with van der Waals surface area (Å²) in [6, 6.07) is 9.78. The number of fused-ring (bicyclic) bond motifs is 1. The molecule has 7 nitrogen and oxygen atoms in total. The van der Waals surface area contributed by atoms with E-state index in [1.165, 1.54) is 0 Å². The molecule has 1 unspecified atom stereocenters. The highest BCUT2D eigenvalue weighted by Crippen LogP contribution is 2.35.